The molecule has 0 aliphatic carbocycles. The Morgan fingerprint density at radius 2 is 1.22 bits per heavy atom. The Morgan fingerprint density at radius 3 is 1.91 bits per heavy atom. The van der Waals surface area contributed by atoms with Crippen molar-refractivity contribution in [1.29, 1.82) is 0 Å². The molecule has 9 rings (SSSR count). The van der Waals surface area contributed by atoms with E-state index in [9.17, 15) is 0 Å². The van der Waals surface area contributed by atoms with Crippen molar-refractivity contribution in [1.82, 2.24) is 9.55 Å². The Balaban J connectivity index is 0.00000576. The van der Waals surface area contributed by atoms with Crippen LogP contribution in [0.5, 0.6) is 11.5 Å². The summed E-state index contributed by atoms with van der Waals surface area (Å²) in [5.74, 6) is 2.07. The van der Waals surface area contributed by atoms with Crippen LogP contribution in [0.25, 0.3) is 38.8 Å². The molecule has 0 unspecified atom stereocenters. The molecule has 6 aromatic carbocycles. The predicted octanol–water partition coefficient (Wildman–Crippen LogP) is 15.5. The summed E-state index contributed by atoms with van der Waals surface area (Å²) < 4.78 is 9.14. The van der Waals surface area contributed by atoms with E-state index in [2.05, 4.69) is 249 Å². The molecule has 1 aliphatic rings. The number of fused-ring (bicyclic) bond motifs is 3. The van der Waals surface area contributed by atoms with Crippen LogP contribution in [0, 0.1) is 24.2 Å². The number of hydrogen-bond donors (Lipinski definition) is 0. The molecule has 0 radical (unpaired) electrons. The minimum Gasteiger partial charge on any atom is -0.509 e. The summed E-state index contributed by atoms with van der Waals surface area (Å²) in [6, 6.07) is 57.2. The van der Waals surface area contributed by atoms with Gasteiger partial charge in [-0.15, -0.1) is 53.6 Å². The van der Waals surface area contributed by atoms with Gasteiger partial charge in [-0.1, -0.05) is 167 Å². The molecule has 0 N–H and O–H groups in total. The Hall–Kier alpha value is -5.90. The third-order valence-electron chi connectivity index (χ3n) is 12.6. The van der Waals surface area contributed by atoms with E-state index < -0.39 is 0 Å². The molecule has 5 nitrogen and oxygen atoms in total. The van der Waals surface area contributed by atoms with Gasteiger partial charge in [-0.25, -0.2) is 4.98 Å². The topological polar surface area (TPSA) is 33.5 Å². The largest absolute Gasteiger partial charge is 0.509 e. The zero-order valence-corrected chi connectivity index (χ0v) is 41.8. The first-order chi connectivity index (χ1) is 30.3. The molecule has 334 valence electrons. The second-order valence-electron chi connectivity index (χ2n) is 20.8. The van der Waals surface area contributed by atoms with Gasteiger partial charge in [0.25, 0.3) is 0 Å². The smallest absolute Gasteiger partial charge is 0.135 e. The molecule has 3 heterocycles. The normalized spacial score (nSPS) is 13.6. The molecular weight excluding hydrogens is 976 g/mol. The van der Waals surface area contributed by atoms with Gasteiger partial charge < -0.3 is 19.1 Å². The zero-order valence-electron chi connectivity index (χ0n) is 39.5. The van der Waals surface area contributed by atoms with E-state index in [4.69, 9.17) is 9.72 Å². The summed E-state index contributed by atoms with van der Waals surface area (Å²) in [4.78, 5) is 9.46. The standard InChI is InChI=1S/C59H59N4O.Pt/c1-56(2,3)43-28-29-60-55(35-43)63-52-25-19-18-24-50(52)51-27-26-48(37-53(51)63)64-49-34-45(59(10,11)42-22-16-13-17-23-42)33-46(36-49)61-38-54(58(7,8)9)62(39-61)47-31-41(40-20-14-12-15-21-40)30-44(32-47)57(4,5)6;/h12-35,38-39H,1-11H3;/q-3;. The number of benzene rings is 6. The van der Waals surface area contributed by atoms with Crippen LogP contribution < -0.4 is 14.5 Å². The van der Waals surface area contributed by atoms with E-state index in [0.717, 1.165) is 44.6 Å². The fraction of sp³-hybridized carbons (Fsp3) is 0.254. The van der Waals surface area contributed by atoms with Gasteiger partial charge >= 0.3 is 0 Å². The summed E-state index contributed by atoms with van der Waals surface area (Å²) in [5, 5.41) is 2.23. The molecule has 0 bridgehead atoms. The molecule has 65 heavy (non-hydrogen) atoms. The van der Waals surface area contributed by atoms with Crippen LogP contribution in [-0.4, -0.2) is 9.55 Å². The van der Waals surface area contributed by atoms with E-state index in [1.165, 1.54) is 33.5 Å². The number of pyridine rings is 1. The Bertz CT molecular complexity index is 3030. The number of aromatic nitrogens is 2. The maximum absolute atomic E-state index is 6.93. The van der Waals surface area contributed by atoms with Crippen molar-refractivity contribution in [3.8, 4) is 28.4 Å². The Labute approximate surface area is 401 Å². The molecule has 1 aliphatic heterocycles. The van der Waals surface area contributed by atoms with Crippen LogP contribution in [0.3, 0.4) is 0 Å². The zero-order chi connectivity index (χ0) is 45.2. The van der Waals surface area contributed by atoms with E-state index in [-0.39, 0.29) is 42.7 Å². The molecule has 0 amide bonds. The number of hydrogen-bond acceptors (Lipinski definition) is 4. The molecule has 6 heteroatoms. The minimum absolute atomic E-state index is 0. The molecular formula is C59H59N4OPt-3. The monoisotopic (exact) mass is 1030 g/mol. The molecule has 2 aromatic heterocycles. The molecule has 8 aromatic rings. The van der Waals surface area contributed by atoms with E-state index >= 15 is 0 Å². The van der Waals surface area contributed by atoms with Crippen LogP contribution in [0.15, 0.2) is 158 Å². The van der Waals surface area contributed by atoms with Gasteiger partial charge in [0, 0.05) is 61.1 Å². The van der Waals surface area contributed by atoms with Gasteiger partial charge in [0.15, 0.2) is 0 Å². The summed E-state index contributed by atoms with van der Waals surface area (Å²) in [7, 11) is 0. The van der Waals surface area contributed by atoms with Crippen molar-refractivity contribution in [2.75, 3.05) is 9.80 Å². The van der Waals surface area contributed by atoms with Crippen LogP contribution >= 0.6 is 0 Å². The van der Waals surface area contributed by atoms with Crippen molar-refractivity contribution >= 4 is 33.2 Å². The number of ether oxygens (including phenoxy) is 1. The van der Waals surface area contributed by atoms with Gasteiger partial charge in [-0.05, 0) is 86.0 Å². The molecule has 0 atom stereocenters. The van der Waals surface area contributed by atoms with Gasteiger partial charge in [-0.3, -0.25) is 0 Å². The van der Waals surface area contributed by atoms with Crippen molar-refractivity contribution in [2.45, 2.75) is 92.4 Å². The fourth-order valence-electron chi connectivity index (χ4n) is 8.69. The van der Waals surface area contributed by atoms with E-state index in [1.807, 2.05) is 12.3 Å². The van der Waals surface area contributed by atoms with Crippen LogP contribution in [0.2, 0.25) is 0 Å². The average Bonchev–Trinajstić information content (AvgIpc) is 3.87. The maximum Gasteiger partial charge on any atom is 0.135 e. The number of allylic oxidation sites excluding steroid dienone is 1. The Morgan fingerprint density at radius 1 is 0.538 bits per heavy atom. The molecule has 0 saturated carbocycles. The van der Waals surface area contributed by atoms with Crippen molar-refractivity contribution in [2.24, 2.45) is 5.41 Å². The first kappa shape index (κ1) is 45.7. The van der Waals surface area contributed by atoms with Crippen molar-refractivity contribution in [3.05, 3.63) is 199 Å². The van der Waals surface area contributed by atoms with Crippen LogP contribution in [0.1, 0.15) is 98.4 Å². The summed E-state index contributed by atoms with van der Waals surface area (Å²) in [5.41, 5.74) is 11.8. The molecule has 0 saturated heterocycles. The number of nitrogens with zero attached hydrogens (tertiary/aromatic N) is 4. The summed E-state index contributed by atoms with van der Waals surface area (Å²) in [6.45, 7) is 27.2. The first-order valence-electron chi connectivity index (χ1n) is 22.4. The van der Waals surface area contributed by atoms with Crippen molar-refractivity contribution < 1.29 is 25.8 Å². The quantitative estimate of drug-likeness (QED) is 0.142. The minimum atomic E-state index is -0.353. The fourth-order valence-corrected chi connectivity index (χ4v) is 8.69. The summed E-state index contributed by atoms with van der Waals surface area (Å²) >= 11 is 0. The first-order valence-corrected chi connectivity index (χ1v) is 22.4. The average molecular weight is 1040 g/mol. The van der Waals surface area contributed by atoms with Gasteiger partial charge in [0.1, 0.15) is 5.82 Å². The van der Waals surface area contributed by atoms with Gasteiger partial charge in [-0.2, -0.15) is 6.07 Å². The van der Waals surface area contributed by atoms with Gasteiger partial charge in [0.05, 0.1) is 0 Å². The predicted molar refractivity (Wildman–Crippen MR) is 267 cm³/mol. The van der Waals surface area contributed by atoms with Crippen molar-refractivity contribution in [3.63, 3.8) is 0 Å². The SMILES string of the molecule is CC(C)(C)C1=CN(c2[c-]c(Oc3[c-]c4c(cc3)c3ccccc3n4-c3cc(C(C)(C)C)ccn3)cc(C(C)(C)c3ccccc3)c2)[CH-]N1c1cc(-c2ccccc2)cc(C(C)(C)C)c1.[Pt]. The number of rotatable bonds is 8. The third kappa shape index (κ3) is 9.05. The van der Waals surface area contributed by atoms with Gasteiger partial charge in [0.2, 0.25) is 0 Å². The number of anilines is 2. The van der Waals surface area contributed by atoms with E-state index in [1.54, 1.807) is 0 Å². The second-order valence-corrected chi connectivity index (χ2v) is 20.8. The maximum atomic E-state index is 6.93. The number of para-hydroxylation sites is 1. The molecule has 0 spiro atoms. The van der Waals surface area contributed by atoms with E-state index in [0.29, 0.717) is 11.5 Å². The second kappa shape index (κ2) is 17.1. The summed E-state index contributed by atoms with van der Waals surface area (Å²) in [6.07, 6.45) is 4.17. The van der Waals surface area contributed by atoms with Crippen LogP contribution in [0.4, 0.5) is 11.4 Å². The Kier molecular flexibility index (Phi) is 12.0. The van der Waals surface area contributed by atoms with Crippen LogP contribution in [-0.2, 0) is 37.3 Å². The molecule has 0 fully saturated rings. The third-order valence-corrected chi connectivity index (χ3v) is 12.6.